The fourth-order valence-corrected chi connectivity index (χ4v) is 2.72. The van der Waals surface area contributed by atoms with Crippen LogP contribution in [0.4, 0.5) is 11.4 Å². The minimum atomic E-state index is 0.115. The molecule has 0 radical (unpaired) electrons. The molecule has 2 N–H and O–H groups in total. The molecule has 0 aliphatic carbocycles. The van der Waals surface area contributed by atoms with Crippen LogP contribution in [-0.4, -0.2) is 17.3 Å². The zero-order chi connectivity index (χ0) is 11.9. The van der Waals surface area contributed by atoms with E-state index in [1.54, 1.807) is 4.90 Å². The van der Waals surface area contributed by atoms with Crippen molar-refractivity contribution in [2.45, 2.75) is 18.2 Å². The Hall–Kier alpha value is -0.550. The van der Waals surface area contributed by atoms with E-state index in [2.05, 4.69) is 31.9 Å². The van der Waals surface area contributed by atoms with Gasteiger partial charge in [0, 0.05) is 22.3 Å². The Morgan fingerprint density at radius 2 is 2.19 bits per heavy atom. The fraction of sp³-hybridized carbons (Fsp3) is 0.364. The number of hydrogen-bond donors (Lipinski definition) is 1. The molecule has 0 spiro atoms. The number of alkyl halides is 1. The first-order chi connectivity index (χ1) is 7.49. The molecule has 2 rings (SSSR count). The van der Waals surface area contributed by atoms with Gasteiger partial charge in [-0.1, -0.05) is 31.9 Å². The van der Waals surface area contributed by atoms with Crippen LogP contribution in [0.25, 0.3) is 0 Å². The predicted octanol–water partition coefficient (Wildman–Crippen LogP) is 2.84. The number of carbonyl (C=O) groups is 1. The number of nitrogens with two attached hydrogens (primary N) is 1. The van der Waals surface area contributed by atoms with Crippen LogP contribution in [0.3, 0.4) is 0 Å². The lowest BCUT2D eigenvalue weighted by molar-refractivity contribution is -0.117. The number of carbonyl (C=O) groups excluding carboxylic acids is 1. The third-order valence-electron chi connectivity index (χ3n) is 2.68. The first-order valence-corrected chi connectivity index (χ1v) is 6.70. The van der Waals surface area contributed by atoms with E-state index in [0.717, 1.165) is 15.7 Å². The van der Waals surface area contributed by atoms with Crippen molar-refractivity contribution in [2.75, 3.05) is 17.2 Å². The first kappa shape index (κ1) is 11.9. The van der Waals surface area contributed by atoms with Crippen LogP contribution >= 0.6 is 31.9 Å². The average molecular weight is 348 g/mol. The zero-order valence-electron chi connectivity index (χ0n) is 8.84. The summed E-state index contributed by atoms with van der Waals surface area (Å²) in [5.41, 5.74) is 8.46. The monoisotopic (exact) mass is 346 g/mol. The summed E-state index contributed by atoms with van der Waals surface area (Å²) in [6, 6.07) is 3.79. The molecule has 1 amide bonds. The second-order valence-corrected chi connectivity index (χ2v) is 6.12. The number of nitrogens with zero attached hydrogens (tertiary/aromatic N) is 1. The van der Waals surface area contributed by atoms with Crippen LogP contribution in [0.15, 0.2) is 16.6 Å². The van der Waals surface area contributed by atoms with Crippen LogP contribution in [0.5, 0.6) is 0 Å². The maximum atomic E-state index is 11.8. The molecule has 5 heteroatoms. The normalized spacial score (nSPS) is 20.6. The van der Waals surface area contributed by atoms with Crippen molar-refractivity contribution in [3.8, 4) is 0 Å². The molecular weight excluding hydrogens is 336 g/mol. The van der Waals surface area contributed by atoms with Gasteiger partial charge in [-0.3, -0.25) is 4.79 Å². The molecule has 86 valence electrons. The highest BCUT2D eigenvalue weighted by Gasteiger charge is 2.30. The van der Waals surface area contributed by atoms with Gasteiger partial charge in [0.1, 0.15) is 0 Å². The molecule has 0 bridgehead atoms. The van der Waals surface area contributed by atoms with E-state index in [1.807, 2.05) is 19.1 Å². The van der Waals surface area contributed by atoms with Gasteiger partial charge in [0.25, 0.3) is 0 Å². The Kier molecular flexibility index (Phi) is 3.26. The van der Waals surface area contributed by atoms with Gasteiger partial charge >= 0.3 is 0 Å². The maximum absolute atomic E-state index is 11.8. The highest BCUT2D eigenvalue weighted by molar-refractivity contribution is 9.10. The quantitative estimate of drug-likeness (QED) is 0.627. The summed E-state index contributed by atoms with van der Waals surface area (Å²) in [4.78, 5) is 13.7. The summed E-state index contributed by atoms with van der Waals surface area (Å²) >= 11 is 6.92. The average Bonchev–Trinajstić information content (AvgIpc) is 2.51. The number of anilines is 2. The third kappa shape index (κ3) is 2.11. The summed E-state index contributed by atoms with van der Waals surface area (Å²) < 4.78 is 0.975. The summed E-state index contributed by atoms with van der Waals surface area (Å²) in [5.74, 6) is 0.115. The molecule has 1 heterocycles. The van der Waals surface area contributed by atoms with Gasteiger partial charge in [0.15, 0.2) is 0 Å². The molecular formula is C11H12Br2N2O. The lowest BCUT2D eigenvalue weighted by Crippen LogP contribution is -2.25. The van der Waals surface area contributed by atoms with Crippen molar-refractivity contribution >= 4 is 49.1 Å². The van der Waals surface area contributed by atoms with E-state index in [4.69, 9.17) is 5.73 Å². The second-order valence-electron chi connectivity index (χ2n) is 3.97. The van der Waals surface area contributed by atoms with E-state index >= 15 is 0 Å². The summed E-state index contributed by atoms with van der Waals surface area (Å²) in [6.45, 7) is 2.65. The number of nitrogen functional groups attached to an aromatic ring is 1. The standard InChI is InChI=1S/C11H12Br2N2O/c1-6-2-9(14)10(4-8(6)13)15-5-7(12)3-11(15)16/h2,4,7H,3,5,14H2,1H3. The van der Waals surface area contributed by atoms with Gasteiger partial charge in [-0.2, -0.15) is 0 Å². The van der Waals surface area contributed by atoms with E-state index in [-0.39, 0.29) is 10.7 Å². The summed E-state index contributed by atoms with van der Waals surface area (Å²) in [5, 5.41) is 0. The van der Waals surface area contributed by atoms with Crippen molar-refractivity contribution in [1.29, 1.82) is 0 Å². The van der Waals surface area contributed by atoms with Crippen molar-refractivity contribution < 1.29 is 4.79 Å². The van der Waals surface area contributed by atoms with E-state index in [1.165, 1.54) is 0 Å². The molecule has 1 aromatic carbocycles. The van der Waals surface area contributed by atoms with Gasteiger partial charge in [0.05, 0.1) is 11.4 Å². The molecule has 1 aliphatic rings. The van der Waals surface area contributed by atoms with Gasteiger partial charge in [-0.15, -0.1) is 0 Å². The molecule has 0 aromatic heterocycles. The maximum Gasteiger partial charge on any atom is 0.228 e. The SMILES string of the molecule is Cc1cc(N)c(N2CC(Br)CC2=O)cc1Br. The molecule has 0 saturated carbocycles. The Morgan fingerprint density at radius 3 is 2.75 bits per heavy atom. The van der Waals surface area contributed by atoms with Crippen molar-refractivity contribution in [1.82, 2.24) is 0 Å². The largest absolute Gasteiger partial charge is 0.397 e. The lowest BCUT2D eigenvalue weighted by Gasteiger charge is -2.19. The van der Waals surface area contributed by atoms with Gasteiger partial charge in [-0.05, 0) is 24.6 Å². The van der Waals surface area contributed by atoms with Gasteiger partial charge < -0.3 is 10.6 Å². The van der Waals surface area contributed by atoms with E-state index < -0.39 is 0 Å². The minimum absolute atomic E-state index is 0.115. The van der Waals surface area contributed by atoms with Gasteiger partial charge in [0.2, 0.25) is 5.91 Å². The molecule has 1 aromatic rings. The number of amides is 1. The molecule has 1 saturated heterocycles. The summed E-state index contributed by atoms with van der Waals surface area (Å²) in [6.07, 6.45) is 0.533. The molecule has 1 unspecified atom stereocenters. The topological polar surface area (TPSA) is 46.3 Å². The van der Waals surface area contributed by atoms with E-state index in [9.17, 15) is 4.79 Å². The second kappa shape index (κ2) is 4.37. The zero-order valence-corrected chi connectivity index (χ0v) is 12.0. The highest BCUT2D eigenvalue weighted by atomic mass is 79.9. The number of rotatable bonds is 1. The smallest absolute Gasteiger partial charge is 0.228 e. The summed E-state index contributed by atoms with van der Waals surface area (Å²) in [7, 11) is 0. The number of halogens is 2. The van der Waals surface area contributed by atoms with Crippen LogP contribution < -0.4 is 10.6 Å². The molecule has 1 aliphatic heterocycles. The number of hydrogen-bond acceptors (Lipinski definition) is 2. The molecule has 16 heavy (non-hydrogen) atoms. The Bertz CT molecular complexity index is 448. The van der Waals surface area contributed by atoms with E-state index in [0.29, 0.717) is 18.7 Å². The number of benzene rings is 1. The lowest BCUT2D eigenvalue weighted by atomic mass is 10.2. The molecule has 1 atom stereocenters. The van der Waals surface area contributed by atoms with Crippen LogP contribution in [0.1, 0.15) is 12.0 Å². The van der Waals surface area contributed by atoms with Gasteiger partial charge in [-0.25, -0.2) is 0 Å². The fourth-order valence-electron chi connectivity index (χ4n) is 1.82. The Labute approximate surface area is 111 Å². The van der Waals surface area contributed by atoms with Crippen LogP contribution in [-0.2, 0) is 4.79 Å². The van der Waals surface area contributed by atoms with Crippen LogP contribution in [0, 0.1) is 6.92 Å². The van der Waals surface area contributed by atoms with Crippen molar-refractivity contribution in [3.05, 3.63) is 22.2 Å². The number of aryl methyl sites for hydroxylation is 1. The van der Waals surface area contributed by atoms with Crippen molar-refractivity contribution in [3.63, 3.8) is 0 Å². The highest BCUT2D eigenvalue weighted by Crippen LogP contribution is 2.33. The first-order valence-electron chi connectivity index (χ1n) is 4.99. The van der Waals surface area contributed by atoms with Crippen molar-refractivity contribution in [2.24, 2.45) is 0 Å². The molecule has 3 nitrogen and oxygen atoms in total. The Balaban J connectivity index is 2.41. The third-order valence-corrected chi connectivity index (χ3v) is 4.14. The van der Waals surface area contributed by atoms with Crippen LogP contribution in [0.2, 0.25) is 0 Å². The predicted molar refractivity (Wildman–Crippen MR) is 73.0 cm³/mol. The Morgan fingerprint density at radius 1 is 1.50 bits per heavy atom. The molecule has 1 fully saturated rings. The minimum Gasteiger partial charge on any atom is -0.397 e.